The van der Waals surface area contributed by atoms with Crippen LogP contribution in [0.15, 0.2) is 231 Å². The van der Waals surface area contributed by atoms with Gasteiger partial charge in [0.25, 0.3) is 6.33 Å². The van der Waals surface area contributed by atoms with Crippen LogP contribution in [0.1, 0.15) is 33.2 Å². The van der Waals surface area contributed by atoms with Gasteiger partial charge in [-0.2, -0.15) is 18.2 Å². The fourth-order valence-corrected chi connectivity index (χ4v) is 11.6. The number of rotatable bonds is 6. The van der Waals surface area contributed by atoms with E-state index in [1.54, 1.807) is 0 Å². The van der Waals surface area contributed by atoms with Crippen molar-refractivity contribution in [3.8, 4) is 78.9 Å². The Morgan fingerprint density at radius 2 is 1.10 bits per heavy atom. The molecule has 77 heavy (non-hydrogen) atoms. The van der Waals surface area contributed by atoms with E-state index in [4.69, 9.17) is 13.8 Å². The van der Waals surface area contributed by atoms with Crippen LogP contribution in [0.5, 0.6) is 11.5 Å². The molecule has 0 N–H and O–H groups in total. The third kappa shape index (κ3) is 7.34. The number of benzene rings is 10. The molecule has 370 valence electrons. The van der Waals surface area contributed by atoms with Crippen LogP contribution in [-0.2, 0) is 26.5 Å². The van der Waals surface area contributed by atoms with E-state index >= 15 is 0 Å². The van der Waals surface area contributed by atoms with Crippen molar-refractivity contribution >= 4 is 54.6 Å². The van der Waals surface area contributed by atoms with Crippen LogP contribution in [0.4, 0.5) is 0 Å². The zero-order valence-corrected chi connectivity index (χ0v) is 44.3. The smallest absolute Gasteiger partial charge is 0.268 e. The molecule has 0 saturated carbocycles. The monoisotopic (exact) mass is 1170 g/mol. The van der Waals surface area contributed by atoms with Gasteiger partial charge in [-0.1, -0.05) is 184 Å². The molecule has 7 heteroatoms. The molecule has 0 saturated heterocycles. The molecule has 10 aromatic carbocycles. The van der Waals surface area contributed by atoms with Gasteiger partial charge in [0.05, 0.1) is 40.3 Å². The van der Waals surface area contributed by atoms with Gasteiger partial charge in [-0.25, -0.2) is 4.98 Å². The Labute approximate surface area is 467 Å². The summed E-state index contributed by atoms with van der Waals surface area (Å²) in [6, 6.07) is 71.6. The van der Waals surface area contributed by atoms with E-state index in [1.165, 1.54) is 5.56 Å². The molecule has 1 aliphatic heterocycles. The Hall–Kier alpha value is -9.09. The van der Waals surface area contributed by atoms with E-state index in [0.717, 1.165) is 99.7 Å². The van der Waals surface area contributed by atoms with Crippen molar-refractivity contribution in [2.45, 2.75) is 26.2 Å². The molecule has 5 heterocycles. The van der Waals surface area contributed by atoms with E-state index in [-0.39, 0.29) is 44.1 Å². The first-order valence-corrected chi connectivity index (χ1v) is 25.5. The van der Waals surface area contributed by atoms with Gasteiger partial charge in [-0.15, -0.1) is 29.7 Å². The molecular weight excluding hydrogens is 1120 g/mol. The average molecular weight is 1170 g/mol. The molecule has 0 fully saturated rings. The number of aromatic nitrogens is 5. The average Bonchev–Trinajstić information content (AvgIpc) is 1.96. The third-order valence-corrected chi connectivity index (χ3v) is 15.0. The molecule has 0 bridgehead atoms. The van der Waals surface area contributed by atoms with Crippen molar-refractivity contribution in [1.82, 2.24) is 18.7 Å². The molecule has 6 nitrogen and oxygen atoms in total. The second-order valence-corrected chi connectivity index (χ2v) is 20.4. The van der Waals surface area contributed by atoms with Crippen LogP contribution in [0, 0.1) is 18.5 Å². The predicted octanol–water partition coefficient (Wildman–Crippen LogP) is 17.0. The van der Waals surface area contributed by atoms with E-state index in [2.05, 4.69) is 186 Å². The SMILES string of the molecule is [2H]c1c([2H])c([2H])c(-c2cccc3c2-c2cccc(-n4c5ccccc5c5ccccc54)c2-[n+]2[c-]n(-c4[c-]c(Oc5[c-]c6c(cc5)c5ccccc5n6-c5cc(C(C)(C)C)ccn5)ccc4)c4cccc(c42)-c2ccccc2-3)c([2H])c1[2H].[Pt]. The number of pyridine rings is 1. The molecule has 0 amide bonds. The molecule has 0 unspecified atom stereocenters. The molecule has 0 radical (unpaired) electrons. The molecule has 15 rings (SSSR count). The first-order chi connectivity index (χ1) is 39.4. The first-order valence-electron chi connectivity index (χ1n) is 28.0. The maximum Gasteiger partial charge on any atom is 0.268 e. The second kappa shape index (κ2) is 18.0. The summed E-state index contributed by atoms with van der Waals surface area (Å²) in [6.45, 7) is 6.62. The Bertz CT molecular complexity index is 4910. The second-order valence-electron chi connectivity index (χ2n) is 20.4. The molecule has 4 aromatic heterocycles. The number of para-hydroxylation sites is 5. The van der Waals surface area contributed by atoms with Crippen LogP contribution >= 0.6 is 0 Å². The summed E-state index contributed by atoms with van der Waals surface area (Å²) < 4.78 is 60.6. The predicted molar refractivity (Wildman–Crippen MR) is 308 cm³/mol. The standard InChI is InChI=1S/C70H47N5O.Pt/c1-70(2,3)46-39-40-71-66(41-46)75-62-34-14-11-27-55(62)56-38-37-49(43-65(56)75)76-48-22-15-21-47(42-48)72-44-73-68-58(30-17-35-63(68)72)52-24-8-7-23-51(52)57-29-16-28-50(45-19-5-4-6-20-45)67(57)59-31-18-36-64(69(59)73)74-60-32-12-9-25-53(60)54-26-10-13-33-61(54)74;/h4-41H,1-3H3;/q-2;/i4D,5D,6D,19D,20D;. The van der Waals surface area contributed by atoms with Crippen LogP contribution < -0.4 is 9.30 Å². The van der Waals surface area contributed by atoms with Gasteiger partial charge in [0.2, 0.25) is 0 Å². The fraction of sp³-hybridized carbons (Fsp3) is 0.0571. The minimum Gasteiger partial charge on any atom is -0.510 e. The van der Waals surface area contributed by atoms with Crippen molar-refractivity contribution < 1.29 is 37.2 Å². The number of imidazole rings is 1. The summed E-state index contributed by atoms with van der Waals surface area (Å²) in [7, 11) is 0. The van der Waals surface area contributed by atoms with Crippen molar-refractivity contribution in [2.75, 3.05) is 0 Å². The summed E-state index contributed by atoms with van der Waals surface area (Å²) in [5.74, 6) is 1.80. The summed E-state index contributed by atoms with van der Waals surface area (Å²) in [6.07, 6.45) is 5.77. The number of hydrogen-bond donors (Lipinski definition) is 0. The molecular formula is C70H47N5OPt-2. The number of hydrogen-bond acceptors (Lipinski definition) is 2. The largest absolute Gasteiger partial charge is 0.510 e. The number of fused-ring (bicyclic) bond motifs is 13. The number of ether oxygens (including phenoxy) is 1. The van der Waals surface area contributed by atoms with Crippen LogP contribution in [0.2, 0.25) is 0 Å². The molecule has 0 spiro atoms. The Morgan fingerprint density at radius 3 is 1.86 bits per heavy atom. The fourth-order valence-electron chi connectivity index (χ4n) is 11.6. The maximum absolute atomic E-state index is 9.40. The Kier molecular flexibility index (Phi) is 9.65. The Balaban J connectivity index is 0.00000602. The van der Waals surface area contributed by atoms with Gasteiger partial charge in [0, 0.05) is 55.1 Å². The van der Waals surface area contributed by atoms with E-state index < -0.39 is 18.1 Å². The van der Waals surface area contributed by atoms with Gasteiger partial charge in [0.1, 0.15) is 5.82 Å². The maximum atomic E-state index is 9.40. The summed E-state index contributed by atoms with van der Waals surface area (Å²) >= 11 is 0. The zero-order valence-electron chi connectivity index (χ0n) is 47.0. The third-order valence-electron chi connectivity index (χ3n) is 15.0. The van der Waals surface area contributed by atoms with Gasteiger partial charge in [0.15, 0.2) is 0 Å². The van der Waals surface area contributed by atoms with Crippen molar-refractivity contribution in [3.05, 3.63) is 255 Å². The van der Waals surface area contributed by atoms with Gasteiger partial charge < -0.3 is 18.4 Å². The van der Waals surface area contributed by atoms with E-state index in [1.807, 2.05) is 71.4 Å². The summed E-state index contributed by atoms with van der Waals surface area (Å²) in [5.41, 5.74) is 14.7. The summed E-state index contributed by atoms with van der Waals surface area (Å²) in [4.78, 5) is 4.89. The molecule has 1 aliphatic rings. The van der Waals surface area contributed by atoms with Crippen LogP contribution in [0.3, 0.4) is 0 Å². The minimum atomic E-state index is -0.447. The van der Waals surface area contributed by atoms with E-state index in [0.29, 0.717) is 28.3 Å². The van der Waals surface area contributed by atoms with E-state index in [9.17, 15) is 2.74 Å². The van der Waals surface area contributed by atoms with Crippen molar-refractivity contribution in [3.63, 3.8) is 0 Å². The van der Waals surface area contributed by atoms with Crippen LogP contribution in [-0.4, -0.2) is 18.7 Å². The van der Waals surface area contributed by atoms with Crippen LogP contribution in [0.25, 0.3) is 122 Å². The first kappa shape index (κ1) is 41.2. The van der Waals surface area contributed by atoms with Crippen molar-refractivity contribution in [2.24, 2.45) is 0 Å². The van der Waals surface area contributed by atoms with Gasteiger partial charge in [-0.3, -0.25) is 4.57 Å². The molecule has 0 aliphatic carbocycles. The Morgan fingerprint density at radius 1 is 0.519 bits per heavy atom. The normalized spacial score (nSPS) is 12.9. The number of nitrogens with zero attached hydrogens (tertiary/aromatic N) is 5. The summed E-state index contributed by atoms with van der Waals surface area (Å²) in [5, 5.41) is 4.31. The molecule has 0 atom stereocenters. The topological polar surface area (TPSA) is 40.8 Å². The van der Waals surface area contributed by atoms with Gasteiger partial charge in [-0.05, 0) is 103 Å². The molecule has 14 aromatic rings. The zero-order chi connectivity index (χ0) is 55.0. The minimum absolute atomic E-state index is 0. The van der Waals surface area contributed by atoms with Crippen molar-refractivity contribution in [1.29, 1.82) is 0 Å². The quantitative estimate of drug-likeness (QED) is 0.123. The van der Waals surface area contributed by atoms with Gasteiger partial charge >= 0.3 is 0 Å².